The van der Waals surface area contributed by atoms with E-state index in [1.54, 1.807) is 6.20 Å². The highest BCUT2D eigenvalue weighted by Gasteiger charge is 2.10. The number of morpholine rings is 1. The Hall–Kier alpha value is -0.390. The van der Waals surface area contributed by atoms with Crippen molar-refractivity contribution in [1.29, 1.82) is 0 Å². The van der Waals surface area contributed by atoms with Gasteiger partial charge < -0.3 is 4.74 Å². The maximum Gasteiger partial charge on any atom is 0.0930 e. The maximum atomic E-state index is 5.26. The van der Waals surface area contributed by atoms with Gasteiger partial charge in [0.1, 0.15) is 0 Å². The number of nitrogens with zero attached hydrogens (tertiary/aromatic N) is 3. The molecule has 1 aliphatic rings. The van der Waals surface area contributed by atoms with Crippen molar-refractivity contribution in [2.45, 2.75) is 6.67 Å². The molecule has 0 atom stereocenters. The van der Waals surface area contributed by atoms with E-state index in [0.29, 0.717) is 0 Å². The predicted octanol–water partition coefficient (Wildman–Crippen LogP) is 0.935. The monoisotopic (exact) mass is 245 g/mol. The Balaban J connectivity index is 1.89. The van der Waals surface area contributed by atoms with Crippen LogP contribution in [0.2, 0.25) is 0 Å². The fourth-order valence-electron chi connectivity index (χ4n) is 1.36. The zero-order chi connectivity index (χ0) is 9.10. The highest BCUT2D eigenvalue weighted by Crippen LogP contribution is 2.07. The first-order valence-corrected chi connectivity index (χ1v) is 5.12. The van der Waals surface area contributed by atoms with E-state index in [2.05, 4.69) is 25.9 Å². The lowest BCUT2D eigenvalue weighted by Gasteiger charge is -2.26. The van der Waals surface area contributed by atoms with Gasteiger partial charge >= 0.3 is 0 Å². The van der Waals surface area contributed by atoms with E-state index in [-0.39, 0.29) is 0 Å². The summed E-state index contributed by atoms with van der Waals surface area (Å²) in [6.45, 7) is 4.52. The van der Waals surface area contributed by atoms with Gasteiger partial charge in [0.2, 0.25) is 0 Å². The van der Waals surface area contributed by atoms with E-state index in [1.807, 2.05) is 10.9 Å². The van der Waals surface area contributed by atoms with Gasteiger partial charge in [0.25, 0.3) is 0 Å². The molecule has 0 N–H and O–H groups in total. The minimum atomic E-state index is 0.836. The van der Waals surface area contributed by atoms with Crippen molar-refractivity contribution in [3.8, 4) is 0 Å². The van der Waals surface area contributed by atoms with E-state index >= 15 is 0 Å². The summed E-state index contributed by atoms with van der Waals surface area (Å²) >= 11 is 3.37. The summed E-state index contributed by atoms with van der Waals surface area (Å²) < 4.78 is 8.22. The van der Waals surface area contributed by atoms with Crippen LogP contribution in [0.4, 0.5) is 0 Å². The Morgan fingerprint density at radius 2 is 2.23 bits per heavy atom. The Bertz CT molecular complexity index is 270. The van der Waals surface area contributed by atoms with E-state index in [9.17, 15) is 0 Å². The molecule has 1 aromatic rings. The van der Waals surface area contributed by atoms with Gasteiger partial charge in [-0.15, -0.1) is 0 Å². The van der Waals surface area contributed by atoms with Crippen molar-refractivity contribution in [3.63, 3.8) is 0 Å². The second-order valence-electron chi connectivity index (χ2n) is 3.07. The van der Waals surface area contributed by atoms with Gasteiger partial charge in [0.15, 0.2) is 0 Å². The molecule has 0 unspecified atom stereocenters. The average Bonchev–Trinajstić information content (AvgIpc) is 2.53. The van der Waals surface area contributed by atoms with E-state index in [1.165, 1.54) is 0 Å². The number of rotatable bonds is 2. The molecule has 5 heteroatoms. The minimum absolute atomic E-state index is 0.836. The first kappa shape index (κ1) is 9.18. The summed E-state index contributed by atoms with van der Waals surface area (Å²) in [6, 6.07) is 0. The Labute approximate surface area is 85.6 Å². The van der Waals surface area contributed by atoms with Crippen LogP contribution >= 0.6 is 15.9 Å². The van der Waals surface area contributed by atoms with Crippen molar-refractivity contribution in [3.05, 3.63) is 16.9 Å². The van der Waals surface area contributed by atoms with Gasteiger partial charge in [0, 0.05) is 19.3 Å². The van der Waals surface area contributed by atoms with Crippen LogP contribution in [-0.2, 0) is 11.4 Å². The van der Waals surface area contributed by atoms with Crippen LogP contribution in [0.15, 0.2) is 16.9 Å². The van der Waals surface area contributed by atoms with Gasteiger partial charge in [-0.25, -0.2) is 0 Å². The molecule has 1 aliphatic heterocycles. The van der Waals surface area contributed by atoms with Crippen LogP contribution in [0.1, 0.15) is 0 Å². The Morgan fingerprint density at radius 3 is 2.85 bits per heavy atom. The highest BCUT2D eigenvalue weighted by atomic mass is 79.9. The smallest absolute Gasteiger partial charge is 0.0930 e. The fourth-order valence-corrected chi connectivity index (χ4v) is 1.69. The molecule has 0 bridgehead atoms. The third-order valence-corrected chi connectivity index (χ3v) is 2.46. The first-order valence-electron chi connectivity index (χ1n) is 4.32. The molecule has 1 fully saturated rings. The predicted molar refractivity (Wildman–Crippen MR) is 52.3 cm³/mol. The van der Waals surface area contributed by atoms with Crippen LogP contribution in [-0.4, -0.2) is 41.0 Å². The molecular formula is C8H12BrN3O. The first-order chi connectivity index (χ1) is 6.34. The third-order valence-electron chi connectivity index (χ3n) is 2.05. The molecule has 0 spiro atoms. The molecule has 0 aliphatic carbocycles. The van der Waals surface area contributed by atoms with Crippen molar-refractivity contribution in [2.24, 2.45) is 0 Å². The Kier molecular flexibility index (Phi) is 2.97. The molecule has 1 saturated heterocycles. The largest absolute Gasteiger partial charge is 0.379 e. The van der Waals surface area contributed by atoms with E-state index in [4.69, 9.17) is 4.74 Å². The average molecular weight is 246 g/mol. The van der Waals surface area contributed by atoms with E-state index in [0.717, 1.165) is 37.4 Å². The molecular weight excluding hydrogens is 234 g/mol. The number of hydrogen-bond donors (Lipinski definition) is 0. The quantitative estimate of drug-likeness (QED) is 0.777. The summed E-state index contributed by atoms with van der Waals surface area (Å²) in [5.41, 5.74) is 0. The van der Waals surface area contributed by atoms with Crippen molar-refractivity contribution in [2.75, 3.05) is 26.3 Å². The summed E-state index contributed by atoms with van der Waals surface area (Å²) in [6.07, 6.45) is 3.79. The van der Waals surface area contributed by atoms with Crippen LogP contribution in [0, 0.1) is 0 Å². The number of aromatic nitrogens is 2. The normalized spacial score (nSPS) is 19.2. The molecule has 2 heterocycles. The maximum absolute atomic E-state index is 5.26. The standard InChI is InChI=1S/C8H12BrN3O/c9-8-5-10-12(6-8)7-11-1-3-13-4-2-11/h5-6H,1-4,7H2. The van der Waals surface area contributed by atoms with Crippen molar-refractivity contribution < 1.29 is 4.74 Å². The topological polar surface area (TPSA) is 30.3 Å². The third kappa shape index (κ3) is 2.52. The number of hydrogen-bond acceptors (Lipinski definition) is 3. The number of halogens is 1. The lowest BCUT2D eigenvalue weighted by atomic mass is 10.4. The van der Waals surface area contributed by atoms with Crippen molar-refractivity contribution >= 4 is 15.9 Å². The van der Waals surface area contributed by atoms with Crippen molar-refractivity contribution in [1.82, 2.24) is 14.7 Å². The second kappa shape index (κ2) is 4.21. The molecule has 0 saturated carbocycles. The lowest BCUT2D eigenvalue weighted by Crippen LogP contribution is -2.37. The van der Waals surface area contributed by atoms with Crippen LogP contribution in [0.25, 0.3) is 0 Å². The van der Waals surface area contributed by atoms with Gasteiger partial charge in [-0.1, -0.05) is 0 Å². The van der Waals surface area contributed by atoms with Gasteiger partial charge in [-0.2, -0.15) is 5.10 Å². The summed E-state index contributed by atoms with van der Waals surface area (Å²) in [5.74, 6) is 0. The SMILES string of the molecule is Brc1cnn(CN2CCOCC2)c1. The second-order valence-corrected chi connectivity index (χ2v) is 3.99. The fraction of sp³-hybridized carbons (Fsp3) is 0.625. The highest BCUT2D eigenvalue weighted by molar-refractivity contribution is 9.10. The molecule has 1 aromatic heterocycles. The van der Waals surface area contributed by atoms with Gasteiger partial charge in [-0.05, 0) is 15.9 Å². The van der Waals surface area contributed by atoms with Crippen LogP contribution < -0.4 is 0 Å². The van der Waals surface area contributed by atoms with Gasteiger partial charge in [0.05, 0.1) is 30.6 Å². The number of ether oxygens (including phenoxy) is 1. The van der Waals surface area contributed by atoms with Crippen LogP contribution in [0.3, 0.4) is 0 Å². The minimum Gasteiger partial charge on any atom is -0.379 e. The molecule has 0 amide bonds. The molecule has 0 radical (unpaired) electrons. The summed E-state index contributed by atoms with van der Waals surface area (Å²) in [5, 5.41) is 4.20. The van der Waals surface area contributed by atoms with E-state index < -0.39 is 0 Å². The Morgan fingerprint density at radius 1 is 1.46 bits per heavy atom. The molecule has 4 nitrogen and oxygen atoms in total. The zero-order valence-electron chi connectivity index (χ0n) is 7.32. The summed E-state index contributed by atoms with van der Waals surface area (Å²) in [4.78, 5) is 2.32. The van der Waals surface area contributed by atoms with Gasteiger partial charge in [-0.3, -0.25) is 9.58 Å². The summed E-state index contributed by atoms with van der Waals surface area (Å²) in [7, 11) is 0. The van der Waals surface area contributed by atoms with Crippen LogP contribution in [0.5, 0.6) is 0 Å². The molecule has 13 heavy (non-hydrogen) atoms. The molecule has 0 aromatic carbocycles. The lowest BCUT2D eigenvalue weighted by molar-refractivity contribution is 0.0213. The zero-order valence-corrected chi connectivity index (χ0v) is 8.90. The molecule has 72 valence electrons. The molecule has 2 rings (SSSR count).